The first kappa shape index (κ1) is 35.2. The molecule has 1 spiro atoms. The maximum absolute atomic E-state index is 6.49. The predicted octanol–water partition coefficient (Wildman–Crippen LogP) is 16.4. The molecule has 10 aromatic carbocycles. The topological polar surface area (TPSA) is 16.4 Å². The standard InChI is InChI=1S/C59H37NOS/c1-2-13-38(14-3-1)39-25-29-43(30-26-39)60(44-31-27-40(28-32-44)46-18-12-19-49-48-17-6-9-22-55(48)61-58(46)49)45-33-34-47-50-35-41-15-4-5-16-42(41)36-53(50)59(54(47)37-45)51-20-7-10-23-56(51)62-57-24-11-8-21-52(57)59/h1-37H. The van der Waals surface area contributed by atoms with Crippen LogP contribution in [0.5, 0.6) is 0 Å². The quantitative estimate of drug-likeness (QED) is 0.172. The third kappa shape index (κ3) is 5.19. The summed E-state index contributed by atoms with van der Waals surface area (Å²) in [5.74, 6) is 0. The molecule has 0 bridgehead atoms. The summed E-state index contributed by atoms with van der Waals surface area (Å²) >= 11 is 1.88. The first-order chi connectivity index (χ1) is 30.7. The Morgan fingerprint density at radius 3 is 1.66 bits per heavy atom. The van der Waals surface area contributed by atoms with Crippen LogP contribution in [0.3, 0.4) is 0 Å². The van der Waals surface area contributed by atoms with Gasteiger partial charge in [0.05, 0.1) is 5.41 Å². The fourth-order valence-electron chi connectivity index (χ4n) is 10.4. The van der Waals surface area contributed by atoms with Gasteiger partial charge in [-0.3, -0.25) is 0 Å². The van der Waals surface area contributed by atoms with E-state index in [0.29, 0.717) is 0 Å². The zero-order valence-corrected chi connectivity index (χ0v) is 34.4. The van der Waals surface area contributed by atoms with E-state index in [2.05, 4.69) is 217 Å². The molecule has 2 heterocycles. The number of fused-ring (bicyclic) bond motifs is 13. The molecule has 1 aromatic heterocycles. The molecule has 0 unspecified atom stereocenters. The molecule has 0 radical (unpaired) electrons. The lowest BCUT2D eigenvalue weighted by atomic mass is 9.67. The van der Waals surface area contributed by atoms with Crippen molar-refractivity contribution >= 4 is 61.5 Å². The third-order valence-corrected chi connectivity index (χ3v) is 14.3. The lowest BCUT2D eigenvalue weighted by Gasteiger charge is -2.40. The number of benzene rings is 10. The highest BCUT2D eigenvalue weighted by Gasteiger charge is 2.50. The molecule has 0 N–H and O–H groups in total. The third-order valence-electron chi connectivity index (χ3n) is 13.1. The number of hydrogen-bond acceptors (Lipinski definition) is 3. The fourth-order valence-corrected chi connectivity index (χ4v) is 11.5. The minimum absolute atomic E-state index is 0.513. The van der Waals surface area contributed by atoms with Gasteiger partial charge in [0.1, 0.15) is 11.2 Å². The van der Waals surface area contributed by atoms with E-state index in [0.717, 1.165) is 50.1 Å². The van der Waals surface area contributed by atoms with E-state index in [1.54, 1.807) is 0 Å². The summed E-state index contributed by atoms with van der Waals surface area (Å²) in [6.07, 6.45) is 0. The molecule has 290 valence electrons. The van der Waals surface area contributed by atoms with E-state index >= 15 is 0 Å². The smallest absolute Gasteiger partial charge is 0.143 e. The van der Waals surface area contributed by atoms with E-state index in [9.17, 15) is 0 Å². The van der Waals surface area contributed by atoms with Crippen molar-refractivity contribution in [3.63, 3.8) is 0 Å². The minimum Gasteiger partial charge on any atom is -0.455 e. The van der Waals surface area contributed by atoms with Gasteiger partial charge in [-0.15, -0.1) is 0 Å². The first-order valence-electron chi connectivity index (χ1n) is 21.2. The number of nitrogens with zero attached hydrogens (tertiary/aromatic N) is 1. The summed E-state index contributed by atoms with van der Waals surface area (Å²) in [6, 6.07) is 82.4. The summed E-state index contributed by atoms with van der Waals surface area (Å²) in [7, 11) is 0. The van der Waals surface area contributed by atoms with Gasteiger partial charge >= 0.3 is 0 Å². The lowest BCUT2D eigenvalue weighted by Crippen LogP contribution is -2.32. The average molecular weight is 808 g/mol. The van der Waals surface area contributed by atoms with Gasteiger partial charge < -0.3 is 9.32 Å². The van der Waals surface area contributed by atoms with E-state index in [1.807, 2.05) is 23.9 Å². The highest BCUT2D eigenvalue weighted by atomic mass is 32.2. The van der Waals surface area contributed by atoms with E-state index in [4.69, 9.17) is 4.42 Å². The Balaban J connectivity index is 1.03. The van der Waals surface area contributed by atoms with E-state index < -0.39 is 5.41 Å². The first-order valence-corrected chi connectivity index (χ1v) is 22.1. The van der Waals surface area contributed by atoms with Crippen LogP contribution in [-0.2, 0) is 5.41 Å². The zero-order valence-electron chi connectivity index (χ0n) is 33.6. The number of furan rings is 1. The molecule has 0 atom stereocenters. The molecule has 0 amide bonds. The lowest BCUT2D eigenvalue weighted by molar-refractivity contribution is 0.670. The second-order valence-electron chi connectivity index (χ2n) is 16.4. The van der Waals surface area contributed by atoms with Gasteiger partial charge in [0.25, 0.3) is 0 Å². The Morgan fingerprint density at radius 1 is 0.355 bits per heavy atom. The largest absolute Gasteiger partial charge is 0.455 e. The van der Waals surface area contributed by atoms with Crippen LogP contribution < -0.4 is 4.90 Å². The van der Waals surface area contributed by atoms with Crippen LogP contribution in [-0.4, -0.2) is 0 Å². The molecular weight excluding hydrogens is 771 g/mol. The van der Waals surface area contributed by atoms with Crippen LogP contribution in [0.1, 0.15) is 22.3 Å². The number of rotatable bonds is 5. The van der Waals surface area contributed by atoms with Crippen molar-refractivity contribution in [2.75, 3.05) is 4.90 Å². The number of para-hydroxylation sites is 2. The Labute approximate surface area is 364 Å². The molecule has 0 fully saturated rings. The normalized spacial score (nSPS) is 13.2. The Kier molecular flexibility index (Phi) is 7.79. The Morgan fingerprint density at radius 2 is 0.919 bits per heavy atom. The second kappa shape index (κ2) is 13.7. The average Bonchev–Trinajstić information content (AvgIpc) is 3.85. The highest BCUT2D eigenvalue weighted by Crippen LogP contribution is 2.63. The molecule has 0 saturated heterocycles. The molecule has 3 heteroatoms. The molecule has 2 nitrogen and oxygen atoms in total. The Hall–Kier alpha value is -7.59. The van der Waals surface area contributed by atoms with Crippen LogP contribution in [0, 0.1) is 0 Å². The molecule has 13 rings (SSSR count). The van der Waals surface area contributed by atoms with E-state index in [1.165, 1.54) is 65.1 Å². The van der Waals surface area contributed by atoms with Gasteiger partial charge in [-0.1, -0.05) is 169 Å². The van der Waals surface area contributed by atoms with Crippen LogP contribution in [0.2, 0.25) is 0 Å². The molecule has 2 aliphatic rings. The number of hydrogen-bond donors (Lipinski definition) is 0. The van der Waals surface area contributed by atoms with Crippen molar-refractivity contribution in [3.05, 3.63) is 247 Å². The molecule has 0 saturated carbocycles. The summed E-state index contributed by atoms with van der Waals surface area (Å²) in [5, 5.41) is 4.78. The molecule has 11 aromatic rings. The second-order valence-corrected chi connectivity index (χ2v) is 17.5. The van der Waals surface area contributed by atoms with E-state index in [-0.39, 0.29) is 0 Å². The SMILES string of the molecule is c1ccc(-c2ccc(N(c3ccc(-c4cccc5c4oc4ccccc45)cc3)c3ccc4c(c3)C3(c5ccccc5Sc5ccccc53)c3cc5ccccc5cc3-4)cc2)cc1. The summed E-state index contributed by atoms with van der Waals surface area (Å²) in [4.78, 5) is 5.02. The monoisotopic (exact) mass is 807 g/mol. The molecule has 1 aliphatic carbocycles. The van der Waals surface area contributed by atoms with Crippen molar-refractivity contribution in [2.24, 2.45) is 0 Å². The van der Waals surface area contributed by atoms with Crippen LogP contribution >= 0.6 is 11.8 Å². The fraction of sp³-hybridized carbons (Fsp3) is 0.0169. The van der Waals surface area contributed by atoms with Gasteiger partial charge in [-0.2, -0.15) is 0 Å². The zero-order chi connectivity index (χ0) is 40.8. The van der Waals surface area contributed by atoms with Gasteiger partial charge in [-0.05, 0) is 128 Å². The van der Waals surface area contributed by atoms with Crippen LogP contribution in [0.15, 0.2) is 239 Å². The molecular formula is C59H37NOS. The van der Waals surface area contributed by atoms with Crippen molar-refractivity contribution in [1.82, 2.24) is 0 Å². The highest BCUT2D eigenvalue weighted by molar-refractivity contribution is 7.99. The number of anilines is 3. The predicted molar refractivity (Wildman–Crippen MR) is 258 cm³/mol. The van der Waals surface area contributed by atoms with Crippen molar-refractivity contribution in [3.8, 4) is 33.4 Å². The van der Waals surface area contributed by atoms with Gasteiger partial charge in [0.15, 0.2) is 0 Å². The molecule has 1 aliphatic heterocycles. The molecule has 62 heavy (non-hydrogen) atoms. The van der Waals surface area contributed by atoms with Crippen molar-refractivity contribution in [2.45, 2.75) is 15.2 Å². The van der Waals surface area contributed by atoms with Gasteiger partial charge in [0, 0.05) is 43.2 Å². The maximum atomic E-state index is 6.49. The Bertz CT molecular complexity index is 3500. The maximum Gasteiger partial charge on any atom is 0.143 e. The summed E-state index contributed by atoms with van der Waals surface area (Å²) < 4.78 is 6.49. The van der Waals surface area contributed by atoms with Crippen molar-refractivity contribution < 1.29 is 4.42 Å². The van der Waals surface area contributed by atoms with Crippen LogP contribution in [0.4, 0.5) is 17.1 Å². The van der Waals surface area contributed by atoms with Gasteiger partial charge in [0.2, 0.25) is 0 Å². The van der Waals surface area contributed by atoms with Crippen LogP contribution in [0.25, 0.3) is 66.1 Å². The van der Waals surface area contributed by atoms with Gasteiger partial charge in [-0.25, -0.2) is 0 Å². The summed E-state index contributed by atoms with van der Waals surface area (Å²) in [5.41, 5.74) is 17.0. The summed E-state index contributed by atoms with van der Waals surface area (Å²) in [6.45, 7) is 0. The minimum atomic E-state index is -0.513. The van der Waals surface area contributed by atoms with Crippen molar-refractivity contribution in [1.29, 1.82) is 0 Å².